The molecule has 116 valence electrons. The van der Waals surface area contributed by atoms with Gasteiger partial charge in [0.15, 0.2) is 0 Å². The van der Waals surface area contributed by atoms with Gasteiger partial charge in [0.2, 0.25) is 0 Å². The minimum Gasteiger partial charge on any atom is -0.267 e. The van der Waals surface area contributed by atoms with Gasteiger partial charge in [-0.2, -0.15) is 5.10 Å². The van der Waals surface area contributed by atoms with Crippen LogP contribution in [0.15, 0.2) is 41.0 Å². The Kier molecular flexibility index (Phi) is 4.40. The molecule has 2 rings (SSSR count). The van der Waals surface area contributed by atoms with E-state index in [1.165, 1.54) is 29.8 Å². The average Bonchev–Trinajstić information content (AvgIpc) is 2.42. The second-order valence-electron chi connectivity index (χ2n) is 6.36. The van der Waals surface area contributed by atoms with Crippen LogP contribution >= 0.6 is 0 Å². The summed E-state index contributed by atoms with van der Waals surface area (Å²) in [6.07, 6.45) is 3.75. The van der Waals surface area contributed by atoms with Crippen molar-refractivity contribution in [1.82, 2.24) is 5.43 Å². The van der Waals surface area contributed by atoms with Crippen LogP contribution in [0.1, 0.15) is 44.0 Å². The second kappa shape index (κ2) is 6.09. The molecular weight excluding hydrogens is 282 g/mol. The summed E-state index contributed by atoms with van der Waals surface area (Å²) in [7, 11) is 0. The largest absolute Gasteiger partial charge is 0.271 e. The van der Waals surface area contributed by atoms with Crippen molar-refractivity contribution in [3.63, 3.8) is 0 Å². The number of hydrogen-bond acceptors (Lipinski definition) is 4. The van der Waals surface area contributed by atoms with Crippen LogP contribution in [0.25, 0.3) is 0 Å². The van der Waals surface area contributed by atoms with Gasteiger partial charge in [-0.3, -0.25) is 14.9 Å². The molecule has 22 heavy (non-hydrogen) atoms. The molecule has 0 aromatic heterocycles. The van der Waals surface area contributed by atoms with E-state index in [-0.39, 0.29) is 16.7 Å². The third kappa shape index (κ3) is 4.00. The van der Waals surface area contributed by atoms with Crippen LogP contribution in [0.4, 0.5) is 5.69 Å². The van der Waals surface area contributed by atoms with Gasteiger partial charge >= 0.3 is 0 Å². The quantitative estimate of drug-likeness (QED) is 0.685. The number of allylic oxidation sites excluding steroid dienone is 2. The van der Waals surface area contributed by atoms with E-state index in [1.807, 2.05) is 13.0 Å². The molecule has 0 saturated heterocycles. The number of amides is 1. The number of rotatable bonds is 3. The van der Waals surface area contributed by atoms with E-state index < -0.39 is 10.8 Å². The van der Waals surface area contributed by atoms with Crippen molar-refractivity contribution in [1.29, 1.82) is 0 Å². The minimum absolute atomic E-state index is 0.116. The molecule has 0 heterocycles. The normalized spacial score (nSPS) is 18.7. The zero-order chi connectivity index (χ0) is 16.3. The average molecular weight is 301 g/mol. The summed E-state index contributed by atoms with van der Waals surface area (Å²) >= 11 is 0. The van der Waals surface area contributed by atoms with E-state index in [2.05, 4.69) is 24.4 Å². The Morgan fingerprint density at radius 1 is 1.36 bits per heavy atom. The van der Waals surface area contributed by atoms with Crippen molar-refractivity contribution in [2.24, 2.45) is 10.5 Å². The van der Waals surface area contributed by atoms with Gasteiger partial charge in [-0.05, 0) is 37.3 Å². The predicted molar refractivity (Wildman–Crippen MR) is 84.8 cm³/mol. The van der Waals surface area contributed by atoms with Crippen molar-refractivity contribution >= 4 is 17.3 Å². The predicted octanol–water partition coefficient (Wildman–Crippen LogP) is 3.45. The molecule has 0 unspecified atom stereocenters. The molecule has 0 spiro atoms. The van der Waals surface area contributed by atoms with Crippen LogP contribution in [-0.4, -0.2) is 16.5 Å². The Bertz CT molecular complexity index is 675. The van der Waals surface area contributed by atoms with Crippen LogP contribution in [0.2, 0.25) is 0 Å². The molecule has 1 aliphatic carbocycles. The van der Waals surface area contributed by atoms with Gasteiger partial charge in [-0.15, -0.1) is 0 Å². The number of hydrogen-bond donors (Lipinski definition) is 1. The van der Waals surface area contributed by atoms with E-state index in [0.717, 1.165) is 18.6 Å². The number of nitro benzene ring substituents is 1. The Morgan fingerprint density at radius 2 is 2.09 bits per heavy atom. The van der Waals surface area contributed by atoms with Crippen molar-refractivity contribution < 1.29 is 9.72 Å². The molecule has 1 aromatic rings. The number of carbonyl (C=O) groups is 1. The van der Waals surface area contributed by atoms with Gasteiger partial charge in [0, 0.05) is 17.7 Å². The second-order valence-corrected chi connectivity index (χ2v) is 6.36. The maximum Gasteiger partial charge on any atom is 0.271 e. The van der Waals surface area contributed by atoms with E-state index in [4.69, 9.17) is 0 Å². The molecule has 0 aliphatic heterocycles. The molecule has 0 fully saturated rings. The van der Waals surface area contributed by atoms with E-state index in [9.17, 15) is 14.9 Å². The summed E-state index contributed by atoms with van der Waals surface area (Å²) in [4.78, 5) is 22.2. The molecule has 0 bridgehead atoms. The first-order chi connectivity index (χ1) is 10.3. The fourth-order valence-corrected chi connectivity index (χ4v) is 2.71. The number of benzene rings is 1. The molecule has 6 heteroatoms. The lowest BCUT2D eigenvalue weighted by Crippen LogP contribution is -2.25. The molecule has 0 radical (unpaired) electrons. The summed E-state index contributed by atoms with van der Waals surface area (Å²) in [6, 6.07) is 5.59. The van der Waals surface area contributed by atoms with Gasteiger partial charge in [-0.25, -0.2) is 5.43 Å². The highest BCUT2D eigenvalue weighted by Gasteiger charge is 2.24. The van der Waals surface area contributed by atoms with Crippen molar-refractivity contribution in [2.75, 3.05) is 0 Å². The summed E-state index contributed by atoms with van der Waals surface area (Å²) in [5.74, 6) is -0.453. The van der Waals surface area contributed by atoms with E-state index in [0.29, 0.717) is 0 Å². The molecule has 1 aliphatic rings. The van der Waals surface area contributed by atoms with Crippen LogP contribution in [0.3, 0.4) is 0 Å². The van der Waals surface area contributed by atoms with Crippen LogP contribution in [0, 0.1) is 15.5 Å². The highest BCUT2D eigenvalue weighted by molar-refractivity contribution is 5.99. The number of hydrazone groups is 1. The zero-order valence-electron chi connectivity index (χ0n) is 12.9. The van der Waals surface area contributed by atoms with Gasteiger partial charge in [0.05, 0.1) is 10.6 Å². The first-order valence-electron chi connectivity index (χ1n) is 7.05. The van der Waals surface area contributed by atoms with Gasteiger partial charge in [-0.1, -0.05) is 25.5 Å². The van der Waals surface area contributed by atoms with Gasteiger partial charge in [0.25, 0.3) is 11.6 Å². The number of nitrogens with one attached hydrogen (secondary N) is 1. The Balaban J connectivity index is 2.13. The number of carbonyl (C=O) groups excluding carboxylic acids is 1. The van der Waals surface area contributed by atoms with Crippen molar-refractivity contribution in [3.05, 3.63) is 51.6 Å². The van der Waals surface area contributed by atoms with Crippen molar-refractivity contribution in [2.45, 2.75) is 33.6 Å². The smallest absolute Gasteiger partial charge is 0.267 e. The summed E-state index contributed by atoms with van der Waals surface area (Å²) < 4.78 is 0. The fraction of sp³-hybridized carbons (Fsp3) is 0.375. The van der Waals surface area contributed by atoms with Crippen LogP contribution in [0.5, 0.6) is 0 Å². The van der Waals surface area contributed by atoms with Gasteiger partial charge in [0.1, 0.15) is 0 Å². The lowest BCUT2D eigenvalue weighted by atomic mass is 9.77. The summed E-state index contributed by atoms with van der Waals surface area (Å²) in [5.41, 5.74) is 4.73. The fourth-order valence-electron chi connectivity index (χ4n) is 2.71. The van der Waals surface area contributed by atoms with Crippen molar-refractivity contribution in [3.8, 4) is 0 Å². The third-order valence-corrected chi connectivity index (χ3v) is 3.45. The van der Waals surface area contributed by atoms with E-state index in [1.54, 1.807) is 0 Å². The molecule has 1 amide bonds. The third-order valence-electron chi connectivity index (χ3n) is 3.45. The Hall–Kier alpha value is -2.50. The number of non-ortho nitro benzene ring substituents is 1. The maximum atomic E-state index is 12.0. The summed E-state index contributed by atoms with van der Waals surface area (Å²) in [6.45, 7) is 6.35. The highest BCUT2D eigenvalue weighted by Crippen LogP contribution is 2.33. The summed E-state index contributed by atoms with van der Waals surface area (Å²) in [5, 5.41) is 14.9. The zero-order valence-corrected chi connectivity index (χ0v) is 12.9. The lowest BCUT2D eigenvalue weighted by Gasteiger charge is -2.29. The van der Waals surface area contributed by atoms with E-state index >= 15 is 0 Å². The minimum atomic E-state index is -0.529. The first-order valence-corrected chi connectivity index (χ1v) is 7.05. The van der Waals surface area contributed by atoms with Crippen LogP contribution < -0.4 is 5.43 Å². The molecule has 6 nitrogen and oxygen atoms in total. The molecule has 0 saturated carbocycles. The maximum absolute atomic E-state index is 12.0. The molecule has 1 N–H and O–H groups in total. The monoisotopic (exact) mass is 301 g/mol. The SMILES string of the molecule is CC1=C/C(=N/NC(=O)c2cccc([N+](=O)[O-])c2)CC(C)(C)C1. The Labute approximate surface area is 129 Å². The first kappa shape index (κ1) is 15.9. The number of nitrogens with zero attached hydrogens (tertiary/aromatic N) is 2. The lowest BCUT2D eigenvalue weighted by molar-refractivity contribution is -0.384. The molecule has 1 aromatic carbocycles. The topological polar surface area (TPSA) is 84.6 Å². The number of nitro groups is 1. The molecular formula is C16H19N3O3. The molecule has 0 atom stereocenters. The van der Waals surface area contributed by atoms with Gasteiger partial charge < -0.3 is 0 Å². The van der Waals surface area contributed by atoms with Crippen LogP contribution in [-0.2, 0) is 0 Å². The Morgan fingerprint density at radius 3 is 2.73 bits per heavy atom. The highest BCUT2D eigenvalue weighted by atomic mass is 16.6. The standard InChI is InChI=1S/C16H19N3O3/c1-11-7-13(10-16(2,3)9-11)17-18-15(20)12-5-4-6-14(8-12)19(21)22/h4-8H,9-10H2,1-3H3,(H,18,20)/b17-13-.